The van der Waals surface area contributed by atoms with E-state index in [1.807, 2.05) is 56.3 Å². The van der Waals surface area contributed by atoms with E-state index in [0.717, 1.165) is 42.1 Å². The van der Waals surface area contributed by atoms with E-state index in [2.05, 4.69) is 20.9 Å². The number of halogens is 1. The maximum absolute atomic E-state index is 12.2. The highest BCUT2D eigenvalue weighted by Crippen LogP contribution is 2.32. The molecule has 2 aromatic carbocycles. The Hall–Kier alpha value is -2.49. The summed E-state index contributed by atoms with van der Waals surface area (Å²) in [6.45, 7) is 7.22. The second-order valence-corrected chi connectivity index (χ2v) is 6.99. The van der Waals surface area contributed by atoms with Crippen LogP contribution in [0, 0.1) is 0 Å². The minimum absolute atomic E-state index is 0. The third-order valence-corrected chi connectivity index (χ3v) is 4.50. The van der Waals surface area contributed by atoms with E-state index < -0.39 is 0 Å². The van der Waals surface area contributed by atoms with Crippen molar-refractivity contribution in [3.8, 4) is 11.5 Å². The van der Waals surface area contributed by atoms with Gasteiger partial charge in [-0.25, -0.2) is 4.99 Å². The van der Waals surface area contributed by atoms with Crippen LogP contribution in [0.3, 0.4) is 0 Å². The average molecular weight is 538 g/mol. The lowest BCUT2D eigenvalue weighted by molar-refractivity contribution is 0.0953. The van der Waals surface area contributed by atoms with Crippen molar-refractivity contribution in [2.24, 2.45) is 4.99 Å². The van der Waals surface area contributed by atoms with Crippen LogP contribution in [0.25, 0.3) is 0 Å². The van der Waals surface area contributed by atoms with Crippen molar-refractivity contribution in [3.63, 3.8) is 0 Å². The standard InChI is InChI=1S/C23H30N4O3.HI/c1-3-11-25-22(28)18-8-5-7-17(14-18)16-26-23(24-4-2)27-19-9-10-20-21(15-19)30-13-6-12-29-20;/h5,7-10,14-15H,3-4,6,11-13,16H2,1-2H3,(H,25,28)(H2,24,26,27);1H. The van der Waals surface area contributed by atoms with E-state index in [-0.39, 0.29) is 29.9 Å². The summed E-state index contributed by atoms with van der Waals surface area (Å²) in [7, 11) is 0. The molecule has 168 valence electrons. The Labute approximate surface area is 201 Å². The summed E-state index contributed by atoms with van der Waals surface area (Å²) in [5.74, 6) is 2.10. The molecule has 0 unspecified atom stereocenters. The van der Waals surface area contributed by atoms with Crippen LogP contribution >= 0.6 is 24.0 Å². The molecular formula is C23H31IN4O3. The summed E-state index contributed by atoms with van der Waals surface area (Å²) in [4.78, 5) is 16.8. The monoisotopic (exact) mass is 538 g/mol. The SMILES string of the molecule is CCCNC(=O)c1cccc(CN=C(NCC)Nc2ccc3c(c2)OCCCO3)c1.I. The zero-order valence-electron chi connectivity index (χ0n) is 18.1. The molecule has 0 atom stereocenters. The molecule has 7 nitrogen and oxygen atoms in total. The first kappa shape index (κ1) is 24.8. The molecule has 0 aromatic heterocycles. The van der Waals surface area contributed by atoms with Gasteiger partial charge in [-0.1, -0.05) is 19.1 Å². The first-order chi connectivity index (χ1) is 14.7. The number of hydrogen-bond acceptors (Lipinski definition) is 4. The second kappa shape index (κ2) is 13.0. The highest BCUT2D eigenvalue weighted by molar-refractivity contribution is 14.0. The lowest BCUT2D eigenvalue weighted by Crippen LogP contribution is -2.30. The molecule has 0 saturated heterocycles. The molecule has 1 heterocycles. The van der Waals surface area contributed by atoms with E-state index >= 15 is 0 Å². The second-order valence-electron chi connectivity index (χ2n) is 6.99. The van der Waals surface area contributed by atoms with Crippen LogP contribution in [0.1, 0.15) is 42.6 Å². The molecule has 0 spiro atoms. The number of aliphatic imine (C=N–C) groups is 1. The number of fused-ring (bicyclic) bond motifs is 1. The summed E-state index contributed by atoms with van der Waals surface area (Å²) in [5, 5.41) is 9.46. The normalized spacial score (nSPS) is 12.9. The maximum atomic E-state index is 12.2. The molecule has 2 aromatic rings. The number of nitrogens with zero attached hydrogens (tertiary/aromatic N) is 1. The van der Waals surface area contributed by atoms with Crippen molar-refractivity contribution in [2.75, 3.05) is 31.6 Å². The third-order valence-electron chi connectivity index (χ3n) is 4.50. The van der Waals surface area contributed by atoms with Gasteiger partial charge in [0.25, 0.3) is 5.91 Å². The summed E-state index contributed by atoms with van der Waals surface area (Å²) >= 11 is 0. The van der Waals surface area contributed by atoms with Crippen molar-refractivity contribution < 1.29 is 14.3 Å². The van der Waals surface area contributed by atoms with Crippen LogP contribution in [0.5, 0.6) is 11.5 Å². The van der Waals surface area contributed by atoms with E-state index in [4.69, 9.17) is 9.47 Å². The number of guanidine groups is 1. The fraction of sp³-hybridized carbons (Fsp3) is 0.391. The Morgan fingerprint density at radius 3 is 2.61 bits per heavy atom. The van der Waals surface area contributed by atoms with Crippen molar-refractivity contribution in [3.05, 3.63) is 53.6 Å². The topological polar surface area (TPSA) is 84.0 Å². The number of nitrogens with one attached hydrogen (secondary N) is 3. The quantitative estimate of drug-likeness (QED) is 0.280. The van der Waals surface area contributed by atoms with E-state index in [1.165, 1.54) is 0 Å². The molecule has 31 heavy (non-hydrogen) atoms. The van der Waals surface area contributed by atoms with Gasteiger partial charge in [-0.2, -0.15) is 0 Å². The number of carbonyl (C=O) groups is 1. The molecule has 0 saturated carbocycles. The number of rotatable bonds is 7. The smallest absolute Gasteiger partial charge is 0.251 e. The van der Waals surface area contributed by atoms with Crippen LogP contribution in [-0.4, -0.2) is 38.2 Å². The van der Waals surface area contributed by atoms with Crippen LogP contribution in [0.15, 0.2) is 47.5 Å². The predicted molar refractivity (Wildman–Crippen MR) is 135 cm³/mol. The van der Waals surface area contributed by atoms with Gasteiger partial charge in [0.2, 0.25) is 0 Å². The van der Waals surface area contributed by atoms with Crippen molar-refractivity contribution in [1.29, 1.82) is 0 Å². The van der Waals surface area contributed by atoms with Gasteiger partial charge in [0.1, 0.15) is 0 Å². The van der Waals surface area contributed by atoms with Gasteiger partial charge >= 0.3 is 0 Å². The van der Waals surface area contributed by atoms with Crippen molar-refractivity contribution in [1.82, 2.24) is 10.6 Å². The number of hydrogen-bond donors (Lipinski definition) is 3. The molecule has 0 fully saturated rings. The fourth-order valence-electron chi connectivity index (χ4n) is 3.01. The van der Waals surface area contributed by atoms with Gasteiger partial charge in [-0.3, -0.25) is 4.79 Å². The molecule has 0 bridgehead atoms. The highest BCUT2D eigenvalue weighted by atomic mass is 127. The molecule has 3 rings (SSSR count). The predicted octanol–water partition coefficient (Wildman–Crippen LogP) is 4.18. The molecule has 0 radical (unpaired) electrons. The highest BCUT2D eigenvalue weighted by Gasteiger charge is 2.11. The van der Waals surface area contributed by atoms with Gasteiger partial charge in [0.05, 0.1) is 19.8 Å². The average Bonchev–Trinajstić information content (AvgIpc) is 3.01. The first-order valence-corrected chi connectivity index (χ1v) is 10.5. The van der Waals surface area contributed by atoms with Crippen molar-refractivity contribution >= 4 is 41.5 Å². The largest absolute Gasteiger partial charge is 0.490 e. The zero-order valence-corrected chi connectivity index (χ0v) is 20.4. The molecule has 3 N–H and O–H groups in total. The van der Waals surface area contributed by atoms with Gasteiger partial charge in [-0.05, 0) is 43.2 Å². The summed E-state index contributed by atoms with van der Waals surface area (Å²) < 4.78 is 11.4. The lowest BCUT2D eigenvalue weighted by atomic mass is 10.1. The summed E-state index contributed by atoms with van der Waals surface area (Å²) in [5.41, 5.74) is 2.48. The van der Waals surface area contributed by atoms with Crippen molar-refractivity contribution in [2.45, 2.75) is 33.2 Å². The minimum Gasteiger partial charge on any atom is -0.490 e. The van der Waals surface area contributed by atoms with Gasteiger partial charge in [0, 0.05) is 36.8 Å². The van der Waals surface area contributed by atoms with Crippen LogP contribution < -0.4 is 25.4 Å². The van der Waals surface area contributed by atoms with Crippen LogP contribution in [0.4, 0.5) is 5.69 Å². The Morgan fingerprint density at radius 2 is 1.84 bits per heavy atom. The number of amides is 1. The number of ether oxygens (including phenoxy) is 2. The number of carbonyl (C=O) groups excluding carboxylic acids is 1. The summed E-state index contributed by atoms with van der Waals surface area (Å²) in [6.07, 6.45) is 1.78. The van der Waals surface area contributed by atoms with Gasteiger partial charge in [0.15, 0.2) is 17.5 Å². The zero-order chi connectivity index (χ0) is 21.2. The Kier molecular flexibility index (Phi) is 10.4. The fourth-order valence-corrected chi connectivity index (χ4v) is 3.01. The molecule has 1 aliphatic heterocycles. The first-order valence-electron chi connectivity index (χ1n) is 10.5. The Morgan fingerprint density at radius 1 is 1.03 bits per heavy atom. The van der Waals surface area contributed by atoms with Crippen LogP contribution in [-0.2, 0) is 6.54 Å². The molecule has 1 aliphatic rings. The van der Waals surface area contributed by atoms with Gasteiger partial charge < -0.3 is 25.4 Å². The third kappa shape index (κ3) is 7.61. The van der Waals surface area contributed by atoms with Crippen LogP contribution in [0.2, 0.25) is 0 Å². The molecule has 0 aliphatic carbocycles. The number of anilines is 1. The van der Waals surface area contributed by atoms with Gasteiger partial charge in [-0.15, -0.1) is 24.0 Å². The molecule has 8 heteroatoms. The Balaban J connectivity index is 0.00000341. The maximum Gasteiger partial charge on any atom is 0.251 e. The minimum atomic E-state index is -0.0556. The van der Waals surface area contributed by atoms with E-state index in [0.29, 0.717) is 37.8 Å². The number of benzene rings is 2. The molecular weight excluding hydrogens is 507 g/mol. The van der Waals surface area contributed by atoms with E-state index in [9.17, 15) is 4.79 Å². The lowest BCUT2D eigenvalue weighted by Gasteiger charge is -2.14. The van der Waals surface area contributed by atoms with E-state index in [1.54, 1.807) is 0 Å². The summed E-state index contributed by atoms with van der Waals surface area (Å²) in [6, 6.07) is 13.3. The Bertz CT molecular complexity index is 889. The molecule has 1 amide bonds.